The van der Waals surface area contributed by atoms with Crippen molar-refractivity contribution in [1.29, 1.82) is 0 Å². The van der Waals surface area contributed by atoms with E-state index in [2.05, 4.69) is 67.3 Å². The number of piperidine rings is 1. The van der Waals surface area contributed by atoms with Gasteiger partial charge in [-0.1, -0.05) is 61.4 Å². The predicted molar refractivity (Wildman–Crippen MR) is 113 cm³/mol. The normalized spacial score (nSPS) is 18.1. The second kappa shape index (κ2) is 9.72. The number of ether oxygens (including phenoxy) is 2. The molecule has 0 radical (unpaired) electrons. The van der Waals surface area contributed by atoms with Crippen LogP contribution >= 0.6 is 0 Å². The van der Waals surface area contributed by atoms with E-state index in [4.69, 9.17) is 9.47 Å². The molecule has 1 saturated heterocycles. The largest absolute Gasteiger partial charge is 0.467 e. The zero-order valence-corrected chi connectivity index (χ0v) is 16.8. The molecule has 0 aromatic heterocycles. The third kappa shape index (κ3) is 5.00. The number of hydrogen-bond acceptors (Lipinski definition) is 3. The Bertz CT molecular complexity index is 769. The molecule has 0 saturated carbocycles. The van der Waals surface area contributed by atoms with Gasteiger partial charge < -0.3 is 9.47 Å². The lowest BCUT2D eigenvalue weighted by Crippen LogP contribution is -2.37. The Labute approximate surface area is 163 Å². The first-order chi connectivity index (χ1) is 13.2. The Morgan fingerprint density at radius 1 is 1.11 bits per heavy atom. The molecule has 3 rings (SSSR count). The number of hydrogen-bond donors (Lipinski definition) is 0. The number of nitrogens with zero attached hydrogens (tertiary/aromatic N) is 1. The lowest BCUT2D eigenvalue weighted by Gasteiger charge is -2.32. The van der Waals surface area contributed by atoms with Crippen LogP contribution < -0.4 is 4.74 Å². The second-order valence-corrected chi connectivity index (χ2v) is 7.19. The lowest BCUT2D eigenvalue weighted by molar-refractivity contribution is 0.0515. The van der Waals surface area contributed by atoms with Crippen LogP contribution in [0.1, 0.15) is 37.3 Å². The average Bonchev–Trinajstić information content (AvgIpc) is 2.71. The van der Waals surface area contributed by atoms with Gasteiger partial charge in [0.05, 0.1) is 0 Å². The predicted octanol–water partition coefficient (Wildman–Crippen LogP) is 5.53. The molecule has 0 bridgehead atoms. The fourth-order valence-electron chi connectivity index (χ4n) is 3.83. The van der Waals surface area contributed by atoms with E-state index >= 15 is 0 Å². The van der Waals surface area contributed by atoms with Gasteiger partial charge in [0.1, 0.15) is 5.75 Å². The van der Waals surface area contributed by atoms with Gasteiger partial charge in [0, 0.05) is 18.7 Å². The van der Waals surface area contributed by atoms with Gasteiger partial charge in [-0.15, -0.1) is 0 Å². The van der Waals surface area contributed by atoms with Crippen LogP contribution in [0.25, 0.3) is 17.2 Å². The molecule has 1 unspecified atom stereocenters. The molecule has 144 valence electrons. The van der Waals surface area contributed by atoms with E-state index in [-0.39, 0.29) is 6.79 Å². The minimum Gasteiger partial charge on any atom is -0.467 e. The van der Waals surface area contributed by atoms with Crippen LogP contribution in [0.4, 0.5) is 0 Å². The highest BCUT2D eigenvalue weighted by molar-refractivity contribution is 5.79. The number of aryl methyl sites for hydroxylation is 1. The van der Waals surface area contributed by atoms with E-state index in [1.807, 2.05) is 6.07 Å². The Morgan fingerprint density at radius 3 is 2.78 bits per heavy atom. The van der Waals surface area contributed by atoms with Gasteiger partial charge in [-0.2, -0.15) is 0 Å². The maximum absolute atomic E-state index is 5.83. The zero-order chi connectivity index (χ0) is 19.1. The van der Waals surface area contributed by atoms with Crippen LogP contribution in [0.5, 0.6) is 5.75 Å². The SMILES string of the molecule is CCN1CCCCC1C=Cc1ccccc1-c1cc(C)ccc1OCOC. The fourth-order valence-corrected chi connectivity index (χ4v) is 3.83. The van der Waals surface area contributed by atoms with E-state index in [1.54, 1.807) is 7.11 Å². The zero-order valence-electron chi connectivity index (χ0n) is 16.8. The topological polar surface area (TPSA) is 21.7 Å². The molecule has 1 heterocycles. The van der Waals surface area contributed by atoms with Crippen LogP contribution in [-0.4, -0.2) is 37.9 Å². The highest BCUT2D eigenvalue weighted by atomic mass is 16.7. The molecule has 0 aliphatic carbocycles. The van der Waals surface area contributed by atoms with Crippen molar-refractivity contribution in [2.24, 2.45) is 0 Å². The van der Waals surface area contributed by atoms with Crippen molar-refractivity contribution in [2.75, 3.05) is 27.0 Å². The van der Waals surface area contributed by atoms with Gasteiger partial charge in [-0.25, -0.2) is 0 Å². The van der Waals surface area contributed by atoms with E-state index in [9.17, 15) is 0 Å². The number of likely N-dealkylation sites (N-methyl/N-ethyl adjacent to an activating group) is 1. The summed E-state index contributed by atoms with van der Waals surface area (Å²) in [5.74, 6) is 0.858. The van der Waals surface area contributed by atoms with Crippen molar-refractivity contribution in [2.45, 2.75) is 39.2 Å². The van der Waals surface area contributed by atoms with E-state index in [1.165, 1.54) is 42.5 Å². The molecular weight excluding hydrogens is 334 g/mol. The Balaban J connectivity index is 1.92. The van der Waals surface area contributed by atoms with Crippen molar-refractivity contribution in [3.05, 3.63) is 59.7 Å². The summed E-state index contributed by atoms with van der Waals surface area (Å²) in [4.78, 5) is 2.57. The first kappa shape index (κ1) is 19.7. The summed E-state index contributed by atoms with van der Waals surface area (Å²) < 4.78 is 10.9. The molecule has 0 amide bonds. The van der Waals surface area contributed by atoms with Crippen LogP contribution in [0.15, 0.2) is 48.5 Å². The van der Waals surface area contributed by atoms with Gasteiger partial charge in [-0.05, 0) is 56.1 Å². The molecule has 0 N–H and O–H groups in total. The van der Waals surface area contributed by atoms with Crippen molar-refractivity contribution in [1.82, 2.24) is 4.90 Å². The molecule has 2 aromatic rings. The lowest BCUT2D eigenvalue weighted by atomic mass is 9.95. The quantitative estimate of drug-likeness (QED) is 0.602. The summed E-state index contributed by atoms with van der Waals surface area (Å²) in [7, 11) is 1.65. The van der Waals surface area contributed by atoms with Crippen molar-refractivity contribution >= 4 is 6.08 Å². The first-order valence-electron chi connectivity index (χ1n) is 9.97. The number of rotatable bonds is 7. The minimum atomic E-state index is 0.252. The van der Waals surface area contributed by atoms with Crippen molar-refractivity contribution < 1.29 is 9.47 Å². The van der Waals surface area contributed by atoms with Gasteiger partial charge in [0.25, 0.3) is 0 Å². The third-order valence-electron chi connectivity index (χ3n) is 5.29. The van der Waals surface area contributed by atoms with E-state index in [0.29, 0.717) is 6.04 Å². The molecule has 3 heteroatoms. The average molecular weight is 366 g/mol. The van der Waals surface area contributed by atoms with E-state index in [0.717, 1.165) is 17.9 Å². The van der Waals surface area contributed by atoms with Crippen molar-refractivity contribution in [3.8, 4) is 16.9 Å². The van der Waals surface area contributed by atoms with Crippen LogP contribution in [0.2, 0.25) is 0 Å². The highest BCUT2D eigenvalue weighted by Crippen LogP contribution is 2.34. The highest BCUT2D eigenvalue weighted by Gasteiger charge is 2.18. The van der Waals surface area contributed by atoms with Crippen LogP contribution in [0.3, 0.4) is 0 Å². The summed E-state index contributed by atoms with van der Waals surface area (Å²) in [5, 5.41) is 0. The van der Waals surface area contributed by atoms with Gasteiger partial charge in [-0.3, -0.25) is 4.90 Å². The maximum atomic E-state index is 5.83. The first-order valence-corrected chi connectivity index (χ1v) is 9.97. The molecule has 2 aromatic carbocycles. The molecular formula is C24H31NO2. The van der Waals surface area contributed by atoms with E-state index < -0.39 is 0 Å². The van der Waals surface area contributed by atoms with Crippen LogP contribution in [-0.2, 0) is 4.74 Å². The monoisotopic (exact) mass is 365 g/mol. The smallest absolute Gasteiger partial charge is 0.188 e. The maximum Gasteiger partial charge on any atom is 0.188 e. The third-order valence-corrected chi connectivity index (χ3v) is 5.29. The summed E-state index contributed by atoms with van der Waals surface area (Å²) in [6, 6.07) is 15.4. The summed E-state index contributed by atoms with van der Waals surface area (Å²) in [6.07, 6.45) is 8.56. The number of likely N-dealkylation sites (tertiary alicyclic amines) is 1. The molecule has 27 heavy (non-hydrogen) atoms. The van der Waals surface area contributed by atoms with Gasteiger partial charge in [0.15, 0.2) is 6.79 Å². The fraction of sp³-hybridized carbons (Fsp3) is 0.417. The number of methoxy groups -OCH3 is 1. The Kier molecular flexibility index (Phi) is 7.08. The van der Waals surface area contributed by atoms with Crippen LogP contribution in [0, 0.1) is 6.92 Å². The van der Waals surface area contributed by atoms with Gasteiger partial charge >= 0.3 is 0 Å². The van der Waals surface area contributed by atoms with Crippen molar-refractivity contribution in [3.63, 3.8) is 0 Å². The Hall–Kier alpha value is -2.10. The molecule has 1 atom stereocenters. The summed E-state index contributed by atoms with van der Waals surface area (Å²) in [6.45, 7) is 6.95. The summed E-state index contributed by atoms with van der Waals surface area (Å²) in [5.41, 5.74) is 4.76. The Morgan fingerprint density at radius 2 is 1.96 bits per heavy atom. The molecule has 1 aliphatic rings. The molecule has 3 nitrogen and oxygen atoms in total. The standard InChI is InChI=1S/C24H31NO2/c1-4-25-16-8-7-10-21(25)14-13-20-9-5-6-11-22(20)23-17-19(2)12-15-24(23)27-18-26-3/h5-6,9,11-15,17,21H,4,7-8,10,16,18H2,1-3H3. The number of benzene rings is 2. The summed E-state index contributed by atoms with van der Waals surface area (Å²) >= 11 is 0. The minimum absolute atomic E-state index is 0.252. The second-order valence-electron chi connectivity index (χ2n) is 7.19. The molecule has 1 aliphatic heterocycles. The molecule has 1 fully saturated rings. The molecule has 0 spiro atoms. The van der Waals surface area contributed by atoms with Gasteiger partial charge in [0.2, 0.25) is 0 Å².